The number of hydrogen-bond donors (Lipinski definition) is 2. The maximum absolute atomic E-state index is 11.0. The van der Waals surface area contributed by atoms with Crippen molar-refractivity contribution < 1.29 is 4.52 Å². The fraction of sp³-hybridized carbons (Fsp3) is 0.571. The summed E-state index contributed by atoms with van der Waals surface area (Å²) in [5.41, 5.74) is 0.749. The molecule has 2 rings (SSSR count). The highest BCUT2D eigenvalue weighted by Gasteiger charge is 2.14. The molecule has 0 atom stereocenters. The first-order valence-corrected chi connectivity index (χ1v) is 3.78. The van der Waals surface area contributed by atoms with Gasteiger partial charge in [-0.05, 0) is 19.4 Å². The summed E-state index contributed by atoms with van der Waals surface area (Å²) < 4.78 is 4.97. The topological polar surface area (TPSA) is 58.0 Å². The van der Waals surface area contributed by atoms with E-state index in [2.05, 4.69) is 10.5 Å². The molecular weight excluding hydrogens is 180 g/mol. The van der Waals surface area contributed by atoms with Crippen molar-refractivity contribution in [3.8, 4) is 0 Å². The Kier molecular flexibility index (Phi) is 2.94. The predicted molar refractivity (Wildman–Crippen MR) is 46.6 cm³/mol. The minimum absolute atomic E-state index is 0. The van der Waals surface area contributed by atoms with Crippen LogP contribution in [0.3, 0.4) is 0 Å². The first-order valence-electron chi connectivity index (χ1n) is 3.78. The number of fused-ring (bicyclic) bond motifs is 1. The fourth-order valence-electron chi connectivity index (χ4n) is 1.35. The molecule has 0 amide bonds. The van der Waals surface area contributed by atoms with E-state index in [4.69, 9.17) is 4.52 Å². The van der Waals surface area contributed by atoms with Gasteiger partial charge in [-0.2, -0.15) is 5.16 Å². The van der Waals surface area contributed by atoms with Gasteiger partial charge in [0.2, 0.25) is 0 Å². The standard InChI is InChI=1S/C7H10N2O2.ClH/c10-7-5-2-1-3-8-4-6(5)11-9-7;/h8H,1-4H2,(H,9,10);1H. The number of nitrogens with one attached hydrogen (secondary N) is 2. The molecular formula is C7H11ClN2O2. The second-order valence-electron chi connectivity index (χ2n) is 2.72. The van der Waals surface area contributed by atoms with Crippen molar-refractivity contribution in [1.82, 2.24) is 10.5 Å². The lowest BCUT2D eigenvalue weighted by molar-refractivity contribution is 0.370. The van der Waals surface area contributed by atoms with E-state index >= 15 is 0 Å². The summed E-state index contributed by atoms with van der Waals surface area (Å²) in [6, 6.07) is 0. The zero-order valence-electron chi connectivity index (χ0n) is 6.55. The Labute approximate surface area is 75.7 Å². The largest absolute Gasteiger partial charge is 0.382 e. The van der Waals surface area contributed by atoms with Crippen LogP contribution in [0, 0.1) is 0 Å². The zero-order valence-corrected chi connectivity index (χ0v) is 7.37. The third kappa shape index (κ3) is 1.54. The highest BCUT2D eigenvalue weighted by Crippen LogP contribution is 2.08. The van der Waals surface area contributed by atoms with Gasteiger partial charge in [0.25, 0.3) is 5.56 Å². The molecule has 4 nitrogen and oxygen atoms in total. The number of halogens is 1. The molecule has 1 aliphatic heterocycles. The Bertz CT molecular complexity index is 305. The lowest BCUT2D eigenvalue weighted by Crippen LogP contribution is -2.11. The second-order valence-corrected chi connectivity index (χ2v) is 2.72. The molecule has 0 spiro atoms. The smallest absolute Gasteiger partial charge is 0.283 e. The van der Waals surface area contributed by atoms with Crippen molar-refractivity contribution in [2.24, 2.45) is 0 Å². The summed E-state index contributed by atoms with van der Waals surface area (Å²) in [6.45, 7) is 1.64. The lowest BCUT2D eigenvalue weighted by atomic mass is 10.2. The van der Waals surface area contributed by atoms with E-state index < -0.39 is 0 Å². The number of hydrogen-bond acceptors (Lipinski definition) is 3. The molecule has 2 heterocycles. The van der Waals surface area contributed by atoms with Crippen LogP contribution in [-0.2, 0) is 13.0 Å². The second kappa shape index (κ2) is 3.78. The Hall–Kier alpha value is -0.740. The van der Waals surface area contributed by atoms with E-state index in [1.807, 2.05) is 0 Å². The van der Waals surface area contributed by atoms with Crippen molar-refractivity contribution >= 4 is 12.4 Å². The monoisotopic (exact) mass is 190 g/mol. The Morgan fingerprint density at radius 3 is 3.08 bits per heavy atom. The van der Waals surface area contributed by atoms with E-state index in [0.717, 1.165) is 30.7 Å². The van der Waals surface area contributed by atoms with E-state index in [1.54, 1.807) is 0 Å². The van der Waals surface area contributed by atoms with Gasteiger partial charge >= 0.3 is 0 Å². The summed E-state index contributed by atoms with van der Waals surface area (Å²) in [5, 5.41) is 5.50. The van der Waals surface area contributed by atoms with Crippen LogP contribution in [0.15, 0.2) is 9.32 Å². The van der Waals surface area contributed by atoms with Crippen LogP contribution in [0.1, 0.15) is 17.7 Å². The number of aromatic amines is 1. The van der Waals surface area contributed by atoms with Crippen molar-refractivity contribution in [1.29, 1.82) is 0 Å². The Morgan fingerprint density at radius 1 is 1.42 bits per heavy atom. The van der Waals surface area contributed by atoms with Crippen molar-refractivity contribution in [2.45, 2.75) is 19.4 Å². The van der Waals surface area contributed by atoms with Gasteiger partial charge in [-0.3, -0.25) is 4.79 Å². The van der Waals surface area contributed by atoms with E-state index in [9.17, 15) is 4.79 Å². The van der Waals surface area contributed by atoms with Gasteiger partial charge < -0.3 is 9.84 Å². The molecule has 1 aromatic rings. The molecule has 0 fully saturated rings. The molecule has 0 saturated heterocycles. The van der Waals surface area contributed by atoms with E-state index in [0.29, 0.717) is 6.54 Å². The van der Waals surface area contributed by atoms with Crippen LogP contribution < -0.4 is 10.9 Å². The summed E-state index contributed by atoms with van der Waals surface area (Å²) in [6.07, 6.45) is 1.84. The third-order valence-electron chi connectivity index (χ3n) is 1.94. The molecule has 1 aliphatic rings. The molecule has 0 unspecified atom stereocenters. The van der Waals surface area contributed by atoms with E-state index in [-0.39, 0.29) is 18.0 Å². The molecule has 1 aromatic heterocycles. The average Bonchev–Trinajstić information content (AvgIpc) is 2.25. The molecule has 68 valence electrons. The van der Waals surface area contributed by atoms with E-state index in [1.165, 1.54) is 0 Å². The van der Waals surface area contributed by atoms with Crippen LogP contribution >= 0.6 is 12.4 Å². The van der Waals surface area contributed by atoms with Gasteiger partial charge in [0.1, 0.15) is 0 Å². The molecule has 12 heavy (non-hydrogen) atoms. The molecule has 0 bridgehead atoms. The number of aromatic nitrogens is 1. The summed E-state index contributed by atoms with van der Waals surface area (Å²) in [7, 11) is 0. The van der Waals surface area contributed by atoms with Crippen molar-refractivity contribution in [3.05, 3.63) is 21.7 Å². The van der Waals surface area contributed by atoms with Crippen LogP contribution in [0.25, 0.3) is 0 Å². The van der Waals surface area contributed by atoms with Gasteiger partial charge in [0.15, 0.2) is 5.76 Å². The number of rotatable bonds is 0. The maximum atomic E-state index is 11.0. The summed E-state index contributed by atoms with van der Waals surface area (Å²) >= 11 is 0. The first-order chi connectivity index (χ1) is 5.38. The average molecular weight is 191 g/mol. The van der Waals surface area contributed by atoms with Crippen LogP contribution in [0.4, 0.5) is 0 Å². The van der Waals surface area contributed by atoms with Crippen LogP contribution in [0.2, 0.25) is 0 Å². The minimum Gasteiger partial charge on any atom is -0.382 e. The van der Waals surface area contributed by atoms with Gasteiger partial charge in [0, 0.05) is 0 Å². The van der Waals surface area contributed by atoms with Crippen molar-refractivity contribution in [3.63, 3.8) is 0 Å². The van der Waals surface area contributed by atoms with Gasteiger partial charge in [-0.25, -0.2) is 0 Å². The fourth-order valence-corrected chi connectivity index (χ4v) is 1.35. The lowest BCUT2D eigenvalue weighted by Gasteiger charge is -1.93. The quantitative estimate of drug-likeness (QED) is 0.624. The first kappa shape index (κ1) is 9.35. The molecule has 0 aromatic carbocycles. The minimum atomic E-state index is -0.0660. The number of H-pyrrole nitrogens is 1. The molecule has 0 aliphatic carbocycles. The molecule has 0 saturated carbocycles. The summed E-state index contributed by atoms with van der Waals surface area (Å²) in [4.78, 5) is 11.0. The van der Waals surface area contributed by atoms with Crippen LogP contribution in [0.5, 0.6) is 0 Å². The van der Waals surface area contributed by atoms with Gasteiger partial charge in [-0.1, -0.05) is 0 Å². The highest BCUT2D eigenvalue weighted by atomic mass is 35.5. The van der Waals surface area contributed by atoms with Gasteiger partial charge in [0.05, 0.1) is 12.1 Å². The normalized spacial score (nSPS) is 16.0. The maximum Gasteiger partial charge on any atom is 0.283 e. The van der Waals surface area contributed by atoms with Crippen LogP contribution in [-0.4, -0.2) is 11.7 Å². The molecule has 2 N–H and O–H groups in total. The summed E-state index contributed by atoms with van der Waals surface area (Å²) in [5.74, 6) is 0.771. The SMILES string of the molecule is Cl.O=c1[nH]oc2c1CCCNC2. The predicted octanol–water partition coefficient (Wildman–Crippen LogP) is 0.426. The zero-order chi connectivity index (χ0) is 7.68. The Balaban J connectivity index is 0.000000720. The highest BCUT2D eigenvalue weighted by molar-refractivity contribution is 5.85. The Morgan fingerprint density at radius 2 is 2.25 bits per heavy atom. The molecule has 5 heteroatoms. The van der Waals surface area contributed by atoms with Crippen molar-refractivity contribution in [2.75, 3.05) is 6.54 Å². The molecule has 0 radical (unpaired) electrons. The third-order valence-corrected chi connectivity index (χ3v) is 1.94. The van der Waals surface area contributed by atoms with Gasteiger partial charge in [-0.15, -0.1) is 12.4 Å².